The highest BCUT2D eigenvalue weighted by Crippen LogP contribution is 2.39. The molecule has 2 aliphatic heterocycles. The number of fused-ring (bicyclic) bond motifs is 2. The number of aromatic nitrogens is 6. The van der Waals surface area contributed by atoms with Gasteiger partial charge in [-0.25, -0.2) is 19.0 Å². The van der Waals surface area contributed by atoms with Crippen LogP contribution in [0.3, 0.4) is 0 Å². The van der Waals surface area contributed by atoms with Crippen molar-refractivity contribution >= 4 is 5.82 Å². The van der Waals surface area contributed by atoms with E-state index in [1.807, 2.05) is 6.07 Å². The number of hydrogen-bond donors (Lipinski definition) is 2. The van der Waals surface area contributed by atoms with Crippen LogP contribution in [-0.2, 0) is 0 Å². The summed E-state index contributed by atoms with van der Waals surface area (Å²) in [5, 5.41) is 35.6. The largest absolute Gasteiger partial charge is 0.507 e. The normalized spacial score (nSPS) is 26.1. The zero-order valence-corrected chi connectivity index (χ0v) is 18.4. The van der Waals surface area contributed by atoms with Crippen molar-refractivity contribution in [1.29, 1.82) is 5.26 Å². The van der Waals surface area contributed by atoms with E-state index in [2.05, 4.69) is 35.5 Å². The number of nitrogens with one attached hydrogen (secondary N) is 1. The van der Waals surface area contributed by atoms with E-state index in [4.69, 9.17) is 5.26 Å². The second kappa shape index (κ2) is 8.29. The molecule has 6 rings (SSSR count). The number of aromatic hydroxyl groups is 1. The van der Waals surface area contributed by atoms with Crippen molar-refractivity contribution in [2.24, 2.45) is 0 Å². The van der Waals surface area contributed by atoms with Gasteiger partial charge in [0.05, 0.1) is 23.5 Å². The molecule has 174 valence electrons. The van der Waals surface area contributed by atoms with Gasteiger partial charge in [-0.15, -0.1) is 15.3 Å². The number of anilines is 1. The highest BCUT2D eigenvalue weighted by atomic mass is 19.1. The number of nitrogens with zero attached hydrogens (tertiary/aromatic N) is 8. The van der Waals surface area contributed by atoms with E-state index in [9.17, 15) is 5.11 Å². The monoisotopic (exact) mass is 461 g/mol. The van der Waals surface area contributed by atoms with E-state index >= 15 is 4.39 Å². The van der Waals surface area contributed by atoms with Gasteiger partial charge in [0, 0.05) is 24.2 Å². The number of alkyl halides is 1. The van der Waals surface area contributed by atoms with Crippen molar-refractivity contribution in [3.05, 3.63) is 36.5 Å². The highest BCUT2D eigenvalue weighted by molar-refractivity contribution is 5.66. The number of piperidine rings is 2. The first-order valence-electron chi connectivity index (χ1n) is 11.6. The van der Waals surface area contributed by atoms with Gasteiger partial charge in [0.25, 0.3) is 5.82 Å². The molecule has 0 unspecified atom stereocenters. The molecule has 11 heteroatoms. The SMILES string of the molecule is N#Cc1ncn(-c2ccc(-c3ncc(N(C4CC4)[C@H]4C[C@@H]5CCC[C@@H](N5)[C@H]4F)nn3)c(O)c2)n1. The second-order valence-electron chi connectivity index (χ2n) is 9.25. The van der Waals surface area contributed by atoms with Gasteiger partial charge in [0.2, 0.25) is 0 Å². The molecular formula is C23H24FN9O. The van der Waals surface area contributed by atoms with Crippen LogP contribution >= 0.6 is 0 Å². The Labute approximate surface area is 195 Å². The van der Waals surface area contributed by atoms with Gasteiger partial charge in [-0.2, -0.15) is 5.26 Å². The summed E-state index contributed by atoms with van der Waals surface area (Å²) in [4.78, 5) is 10.4. The number of nitriles is 1. The molecule has 2 aromatic heterocycles. The third kappa shape index (κ3) is 3.74. The zero-order chi connectivity index (χ0) is 23.2. The van der Waals surface area contributed by atoms with Crippen LogP contribution in [0.25, 0.3) is 17.1 Å². The molecule has 4 atom stereocenters. The molecule has 3 aliphatic rings. The van der Waals surface area contributed by atoms with E-state index in [-0.39, 0.29) is 35.5 Å². The molecule has 1 saturated carbocycles. The van der Waals surface area contributed by atoms with E-state index < -0.39 is 6.17 Å². The van der Waals surface area contributed by atoms with Gasteiger partial charge in [0.1, 0.15) is 24.3 Å². The molecule has 0 radical (unpaired) electrons. The fraction of sp³-hybridized carbons (Fsp3) is 0.478. The van der Waals surface area contributed by atoms with Crippen molar-refractivity contribution in [1.82, 2.24) is 35.3 Å². The zero-order valence-electron chi connectivity index (χ0n) is 18.4. The summed E-state index contributed by atoms with van der Waals surface area (Å²) < 4.78 is 16.8. The van der Waals surface area contributed by atoms with Crippen LogP contribution in [-0.4, -0.2) is 65.4 Å². The minimum Gasteiger partial charge on any atom is -0.507 e. The molecule has 1 aliphatic carbocycles. The maximum Gasteiger partial charge on any atom is 0.252 e. The first-order valence-corrected chi connectivity index (χ1v) is 11.6. The smallest absolute Gasteiger partial charge is 0.252 e. The summed E-state index contributed by atoms with van der Waals surface area (Å²) in [5.41, 5.74) is 0.964. The van der Waals surface area contributed by atoms with Gasteiger partial charge in [-0.05, 0) is 44.2 Å². The van der Waals surface area contributed by atoms with Crippen LogP contribution in [0.1, 0.15) is 44.3 Å². The summed E-state index contributed by atoms with van der Waals surface area (Å²) in [5.74, 6) is 0.857. The quantitative estimate of drug-likeness (QED) is 0.588. The van der Waals surface area contributed by atoms with E-state index in [1.54, 1.807) is 18.3 Å². The lowest BCUT2D eigenvalue weighted by atomic mass is 9.82. The van der Waals surface area contributed by atoms with Crippen LogP contribution in [0.5, 0.6) is 5.75 Å². The van der Waals surface area contributed by atoms with E-state index in [1.165, 1.54) is 17.1 Å². The van der Waals surface area contributed by atoms with Crippen LogP contribution in [0.15, 0.2) is 30.7 Å². The molecule has 2 N–H and O–H groups in total. The predicted molar refractivity (Wildman–Crippen MR) is 120 cm³/mol. The Balaban J connectivity index is 1.25. The Kier molecular flexibility index (Phi) is 5.10. The van der Waals surface area contributed by atoms with Crippen molar-refractivity contribution in [3.63, 3.8) is 0 Å². The Morgan fingerprint density at radius 1 is 1.18 bits per heavy atom. The lowest BCUT2D eigenvalue weighted by molar-refractivity contribution is 0.104. The lowest BCUT2D eigenvalue weighted by Gasteiger charge is -2.47. The molecule has 1 aromatic carbocycles. The first kappa shape index (κ1) is 20.9. The molecule has 0 amide bonds. The van der Waals surface area contributed by atoms with Crippen molar-refractivity contribution < 1.29 is 9.50 Å². The lowest BCUT2D eigenvalue weighted by Crippen LogP contribution is -2.62. The minimum atomic E-state index is -0.950. The Bertz CT molecular complexity index is 1240. The third-order valence-corrected chi connectivity index (χ3v) is 6.99. The van der Waals surface area contributed by atoms with Gasteiger partial charge < -0.3 is 15.3 Å². The Hall–Kier alpha value is -3.65. The second-order valence-corrected chi connectivity index (χ2v) is 9.25. The summed E-state index contributed by atoms with van der Waals surface area (Å²) >= 11 is 0. The first-order chi connectivity index (χ1) is 16.6. The van der Waals surface area contributed by atoms with Crippen molar-refractivity contribution in [2.45, 2.75) is 68.9 Å². The highest BCUT2D eigenvalue weighted by Gasteiger charge is 2.46. The molecule has 34 heavy (non-hydrogen) atoms. The average molecular weight is 462 g/mol. The van der Waals surface area contributed by atoms with Crippen LogP contribution in [0.2, 0.25) is 0 Å². The summed E-state index contributed by atoms with van der Waals surface area (Å²) in [6, 6.07) is 7.07. The molecule has 0 spiro atoms. The Morgan fingerprint density at radius 3 is 2.76 bits per heavy atom. The molecule has 3 fully saturated rings. The van der Waals surface area contributed by atoms with Gasteiger partial charge in [-0.1, -0.05) is 6.42 Å². The number of benzene rings is 1. The van der Waals surface area contributed by atoms with Crippen LogP contribution < -0.4 is 10.2 Å². The Morgan fingerprint density at radius 2 is 2.06 bits per heavy atom. The van der Waals surface area contributed by atoms with Crippen LogP contribution in [0, 0.1) is 11.3 Å². The number of phenolic OH excluding ortho intramolecular Hbond substituents is 1. The fourth-order valence-corrected chi connectivity index (χ4v) is 5.23. The number of rotatable bonds is 5. The van der Waals surface area contributed by atoms with Crippen molar-refractivity contribution in [3.8, 4) is 28.9 Å². The van der Waals surface area contributed by atoms with E-state index in [0.717, 1.165) is 38.5 Å². The number of hydrogen-bond acceptors (Lipinski definition) is 9. The van der Waals surface area contributed by atoms with Gasteiger partial charge in [0.15, 0.2) is 11.6 Å². The molecule has 4 heterocycles. The van der Waals surface area contributed by atoms with Gasteiger partial charge >= 0.3 is 0 Å². The fourth-order valence-electron chi connectivity index (χ4n) is 5.23. The standard InChI is InChI=1S/C23H24FN9O/c24-22-17-3-1-2-13(28-17)8-18(22)33(14-4-5-14)21-11-26-23(30-29-21)16-7-6-15(9-19(16)34)32-12-27-20(10-25)31-32/h6-7,9,11-14,17-18,22,28,34H,1-5,8H2/t13-,17+,18-,22+/m0/s1. The summed E-state index contributed by atoms with van der Waals surface area (Å²) in [6.07, 6.45) is 7.92. The summed E-state index contributed by atoms with van der Waals surface area (Å²) in [7, 11) is 0. The number of halogens is 1. The maximum absolute atomic E-state index is 15.4. The van der Waals surface area contributed by atoms with Crippen LogP contribution in [0.4, 0.5) is 10.2 Å². The number of phenols is 1. The molecule has 10 nitrogen and oxygen atoms in total. The van der Waals surface area contributed by atoms with E-state index in [0.29, 0.717) is 23.1 Å². The molecule has 2 bridgehead atoms. The summed E-state index contributed by atoms with van der Waals surface area (Å²) in [6.45, 7) is 0. The third-order valence-electron chi connectivity index (χ3n) is 6.99. The van der Waals surface area contributed by atoms with Crippen molar-refractivity contribution in [2.75, 3.05) is 4.90 Å². The van der Waals surface area contributed by atoms with Gasteiger partial charge in [-0.3, -0.25) is 0 Å². The topological polar surface area (TPSA) is 129 Å². The predicted octanol–water partition coefficient (Wildman–Crippen LogP) is 2.29. The molecule has 2 saturated heterocycles. The average Bonchev–Trinajstić information content (AvgIpc) is 3.57. The maximum atomic E-state index is 15.4. The molecular weight excluding hydrogens is 437 g/mol. The minimum absolute atomic E-state index is 0.0415. The molecule has 3 aromatic rings.